The summed E-state index contributed by atoms with van der Waals surface area (Å²) in [5.41, 5.74) is 10.8. The molecule has 1 amide bonds. The number of nitrogens with two attached hydrogens (primary N) is 2. The maximum Gasteiger partial charge on any atom is 0.237 e. The number of hydrogen-bond acceptors (Lipinski definition) is 4. The van der Waals surface area contributed by atoms with Crippen LogP contribution in [0.2, 0.25) is 0 Å². The first-order chi connectivity index (χ1) is 7.49. The first-order valence-electron chi connectivity index (χ1n) is 4.96. The number of fused-ring (bicyclic) bond motifs is 1. The van der Waals surface area contributed by atoms with Crippen molar-refractivity contribution in [1.29, 1.82) is 0 Å². The van der Waals surface area contributed by atoms with Crippen LogP contribution in [0.15, 0.2) is 18.2 Å². The van der Waals surface area contributed by atoms with Crippen LogP contribution in [0.3, 0.4) is 0 Å². The minimum absolute atomic E-state index is 0.231. The van der Waals surface area contributed by atoms with Crippen LogP contribution >= 0.6 is 0 Å². The van der Waals surface area contributed by atoms with Gasteiger partial charge in [0.25, 0.3) is 0 Å². The smallest absolute Gasteiger partial charge is 0.237 e. The Balaban J connectivity index is 2.20. The van der Waals surface area contributed by atoms with Crippen LogP contribution in [0.4, 0.5) is 0 Å². The van der Waals surface area contributed by atoms with Gasteiger partial charge in [-0.25, -0.2) is 0 Å². The zero-order chi connectivity index (χ0) is 11.8. The lowest BCUT2D eigenvalue weighted by atomic mass is 9.93. The van der Waals surface area contributed by atoms with Crippen LogP contribution in [0, 0.1) is 0 Å². The SMILES string of the molecule is C[C@](N)(Cc1ccc2c(c1)OCO2)C(N)=O. The van der Waals surface area contributed by atoms with E-state index in [9.17, 15) is 4.79 Å². The summed E-state index contributed by atoms with van der Waals surface area (Å²) >= 11 is 0. The maximum atomic E-state index is 11.1. The predicted octanol–water partition coefficient (Wildman–Crippen LogP) is 0.160. The molecule has 5 heteroatoms. The first-order valence-corrected chi connectivity index (χ1v) is 4.96. The first kappa shape index (κ1) is 10.8. The molecule has 0 spiro atoms. The summed E-state index contributed by atoms with van der Waals surface area (Å²) in [7, 11) is 0. The lowest BCUT2D eigenvalue weighted by Gasteiger charge is -2.20. The third kappa shape index (κ3) is 1.94. The highest BCUT2D eigenvalue weighted by molar-refractivity contribution is 5.84. The normalized spacial score (nSPS) is 16.9. The quantitative estimate of drug-likeness (QED) is 0.762. The van der Waals surface area contributed by atoms with Gasteiger partial charge in [-0.15, -0.1) is 0 Å². The van der Waals surface area contributed by atoms with E-state index in [4.69, 9.17) is 20.9 Å². The summed E-state index contributed by atoms with van der Waals surface area (Å²) in [6.45, 7) is 1.84. The van der Waals surface area contributed by atoms with E-state index in [0.717, 1.165) is 5.56 Å². The van der Waals surface area contributed by atoms with Gasteiger partial charge in [0.2, 0.25) is 12.7 Å². The van der Waals surface area contributed by atoms with E-state index in [1.54, 1.807) is 13.0 Å². The molecule has 1 aromatic carbocycles. The van der Waals surface area contributed by atoms with Gasteiger partial charge in [0.1, 0.15) is 0 Å². The Morgan fingerprint density at radius 1 is 1.44 bits per heavy atom. The summed E-state index contributed by atoms with van der Waals surface area (Å²) in [6.07, 6.45) is 0.374. The molecule has 0 saturated carbocycles. The number of carbonyl (C=O) groups excluding carboxylic acids is 1. The average molecular weight is 222 g/mol. The van der Waals surface area contributed by atoms with Gasteiger partial charge in [-0.1, -0.05) is 6.07 Å². The molecule has 0 saturated heterocycles. The Morgan fingerprint density at radius 2 is 2.12 bits per heavy atom. The molecule has 86 valence electrons. The fourth-order valence-corrected chi connectivity index (χ4v) is 1.56. The van der Waals surface area contributed by atoms with Crippen molar-refractivity contribution in [2.24, 2.45) is 11.5 Å². The third-order valence-electron chi connectivity index (χ3n) is 2.57. The van der Waals surface area contributed by atoms with E-state index in [1.807, 2.05) is 12.1 Å². The fourth-order valence-electron chi connectivity index (χ4n) is 1.56. The standard InChI is InChI=1S/C11H14N2O3/c1-11(13,10(12)14)5-7-2-3-8-9(4-7)16-6-15-8/h2-4H,5-6,13H2,1H3,(H2,12,14)/t11-/m0/s1. The number of hydrogen-bond donors (Lipinski definition) is 2. The third-order valence-corrected chi connectivity index (χ3v) is 2.57. The summed E-state index contributed by atoms with van der Waals surface area (Å²) in [5.74, 6) is 0.865. The molecule has 2 rings (SSSR count). The number of primary amides is 1. The minimum atomic E-state index is -1.05. The van der Waals surface area contributed by atoms with Crippen LogP contribution in [0.25, 0.3) is 0 Å². The van der Waals surface area contributed by atoms with Crippen molar-refractivity contribution in [2.45, 2.75) is 18.9 Å². The van der Waals surface area contributed by atoms with Crippen molar-refractivity contribution in [3.63, 3.8) is 0 Å². The van der Waals surface area contributed by atoms with E-state index in [-0.39, 0.29) is 6.79 Å². The van der Waals surface area contributed by atoms with Gasteiger partial charge in [0, 0.05) is 0 Å². The van der Waals surface area contributed by atoms with Gasteiger partial charge in [0.15, 0.2) is 11.5 Å². The Kier molecular flexibility index (Phi) is 2.47. The summed E-state index contributed by atoms with van der Waals surface area (Å²) in [4.78, 5) is 11.1. The molecule has 4 N–H and O–H groups in total. The molecule has 1 aromatic rings. The predicted molar refractivity (Wildman–Crippen MR) is 58.1 cm³/mol. The molecule has 0 aliphatic carbocycles. The van der Waals surface area contributed by atoms with Crippen molar-refractivity contribution < 1.29 is 14.3 Å². The van der Waals surface area contributed by atoms with Crippen LogP contribution in [0.5, 0.6) is 11.5 Å². The number of benzene rings is 1. The summed E-state index contributed by atoms with van der Waals surface area (Å²) in [6, 6.07) is 5.46. The van der Waals surface area contributed by atoms with Gasteiger partial charge in [-0.05, 0) is 31.0 Å². The van der Waals surface area contributed by atoms with Crippen LogP contribution < -0.4 is 20.9 Å². The molecule has 1 aliphatic rings. The second kappa shape index (κ2) is 3.68. The van der Waals surface area contributed by atoms with E-state index in [1.165, 1.54) is 0 Å². The largest absolute Gasteiger partial charge is 0.454 e. The second-order valence-corrected chi connectivity index (χ2v) is 4.15. The van der Waals surface area contributed by atoms with Crippen molar-refractivity contribution in [3.05, 3.63) is 23.8 Å². The number of rotatable bonds is 3. The number of ether oxygens (including phenoxy) is 2. The topological polar surface area (TPSA) is 87.6 Å². The van der Waals surface area contributed by atoms with Crippen molar-refractivity contribution >= 4 is 5.91 Å². The Hall–Kier alpha value is -1.75. The van der Waals surface area contributed by atoms with Gasteiger partial charge in [-0.3, -0.25) is 4.79 Å². The lowest BCUT2D eigenvalue weighted by molar-refractivity contribution is -0.122. The van der Waals surface area contributed by atoms with Gasteiger partial charge < -0.3 is 20.9 Å². The minimum Gasteiger partial charge on any atom is -0.454 e. The van der Waals surface area contributed by atoms with Gasteiger partial charge in [0.05, 0.1) is 5.54 Å². The molecular weight excluding hydrogens is 208 g/mol. The lowest BCUT2D eigenvalue weighted by Crippen LogP contribution is -2.51. The Bertz CT molecular complexity index is 429. The Morgan fingerprint density at radius 3 is 2.81 bits per heavy atom. The fraction of sp³-hybridized carbons (Fsp3) is 0.364. The van der Waals surface area contributed by atoms with Crippen molar-refractivity contribution in [1.82, 2.24) is 0 Å². The molecule has 0 aromatic heterocycles. The highest BCUT2D eigenvalue weighted by Crippen LogP contribution is 2.33. The number of amides is 1. The maximum absolute atomic E-state index is 11.1. The molecule has 0 radical (unpaired) electrons. The Labute approximate surface area is 93.3 Å². The van der Waals surface area contributed by atoms with Gasteiger partial charge in [-0.2, -0.15) is 0 Å². The molecule has 1 atom stereocenters. The number of carbonyl (C=O) groups is 1. The monoisotopic (exact) mass is 222 g/mol. The molecule has 0 unspecified atom stereocenters. The zero-order valence-electron chi connectivity index (χ0n) is 9.03. The molecule has 16 heavy (non-hydrogen) atoms. The molecule has 0 fully saturated rings. The van der Waals surface area contributed by atoms with Crippen LogP contribution in [-0.4, -0.2) is 18.2 Å². The highest BCUT2D eigenvalue weighted by Gasteiger charge is 2.26. The summed E-state index contributed by atoms with van der Waals surface area (Å²) in [5, 5.41) is 0. The van der Waals surface area contributed by atoms with Crippen LogP contribution in [0.1, 0.15) is 12.5 Å². The highest BCUT2D eigenvalue weighted by atomic mass is 16.7. The van der Waals surface area contributed by atoms with E-state index in [0.29, 0.717) is 17.9 Å². The zero-order valence-corrected chi connectivity index (χ0v) is 9.03. The summed E-state index contributed by atoms with van der Waals surface area (Å²) < 4.78 is 10.4. The molecular formula is C11H14N2O3. The van der Waals surface area contributed by atoms with Crippen molar-refractivity contribution in [2.75, 3.05) is 6.79 Å². The van der Waals surface area contributed by atoms with Crippen molar-refractivity contribution in [3.8, 4) is 11.5 Å². The molecule has 1 heterocycles. The molecule has 0 bridgehead atoms. The van der Waals surface area contributed by atoms with E-state index in [2.05, 4.69) is 0 Å². The van der Waals surface area contributed by atoms with E-state index >= 15 is 0 Å². The second-order valence-electron chi connectivity index (χ2n) is 4.15. The van der Waals surface area contributed by atoms with Crippen LogP contribution in [-0.2, 0) is 11.2 Å². The van der Waals surface area contributed by atoms with E-state index < -0.39 is 11.4 Å². The van der Waals surface area contributed by atoms with Gasteiger partial charge >= 0.3 is 0 Å². The average Bonchev–Trinajstić information content (AvgIpc) is 2.63. The molecule has 5 nitrogen and oxygen atoms in total. The molecule has 1 aliphatic heterocycles.